The zero-order chi connectivity index (χ0) is 12.5. The highest BCUT2D eigenvalue weighted by Gasteiger charge is 2.49. The van der Waals surface area contributed by atoms with E-state index in [1.165, 1.54) is 0 Å². The maximum atomic E-state index is 11.9. The van der Waals surface area contributed by atoms with E-state index in [4.69, 9.17) is 0 Å². The highest BCUT2D eigenvalue weighted by Crippen LogP contribution is 2.46. The number of carboxylic acids is 1. The molecule has 1 aliphatic carbocycles. The maximum Gasteiger partial charge on any atom is 0.315 e. The lowest BCUT2D eigenvalue weighted by atomic mass is 9.70. The van der Waals surface area contributed by atoms with Crippen molar-refractivity contribution in [3.63, 3.8) is 0 Å². The van der Waals surface area contributed by atoms with Crippen LogP contribution in [0.25, 0.3) is 0 Å². The number of fused-ring (bicyclic) bond motifs is 1. The van der Waals surface area contributed by atoms with Gasteiger partial charge >= 0.3 is 5.97 Å². The van der Waals surface area contributed by atoms with Gasteiger partial charge in [-0.3, -0.25) is 9.59 Å². The van der Waals surface area contributed by atoms with Gasteiger partial charge in [-0.15, -0.1) is 0 Å². The van der Waals surface area contributed by atoms with Crippen molar-refractivity contribution in [2.75, 3.05) is 6.54 Å². The third-order valence-corrected chi connectivity index (χ3v) is 3.85. The van der Waals surface area contributed by atoms with E-state index in [-0.39, 0.29) is 5.91 Å². The van der Waals surface area contributed by atoms with Crippen LogP contribution in [0.5, 0.6) is 0 Å². The van der Waals surface area contributed by atoms with Gasteiger partial charge in [-0.2, -0.15) is 0 Å². The van der Waals surface area contributed by atoms with Crippen molar-refractivity contribution < 1.29 is 14.7 Å². The van der Waals surface area contributed by atoms with Crippen LogP contribution in [0.4, 0.5) is 0 Å². The monoisotopic (exact) mass is 237 g/mol. The fraction of sp³-hybridized carbons (Fsp3) is 0.692. The normalized spacial score (nSPS) is 28.6. The quantitative estimate of drug-likeness (QED) is 0.818. The Hall–Kier alpha value is -1.32. The molecule has 94 valence electrons. The molecule has 1 fully saturated rings. The second-order valence-corrected chi connectivity index (χ2v) is 4.91. The Morgan fingerprint density at radius 2 is 2.29 bits per heavy atom. The molecule has 1 atom stereocenters. The number of carbonyl (C=O) groups excluding carboxylic acids is 1. The minimum absolute atomic E-state index is 0.0804. The zero-order valence-electron chi connectivity index (χ0n) is 10.2. The molecule has 1 saturated heterocycles. The van der Waals surface area contributed by atoms with Crippen LogP contribution in [0.1, 0.15) is 45.4 Å². The van der Waals surface area contributed by atoms with Gasteiger partial charge in [0.05, 0.1) is 0 Å². The predicted molar refractivity (Wildman–Crippen MR) is 63.2 cm³/mol. The van der Waals surface area contributed by atoms with Gasteiger partial charge in [0.2, 0.25) is 5.91 Å². The third-order valence-electron chi connectivity index (χ3n) is 3.85. The first kappa shape index (κ1) is 12.1. The Balaban J connectivity index is 2.39. The molecular weight excluding hydrogens is 218 g/mol. The van der Waals surface area contributed by atoms with Gasteiger partial charge in [0.15, 0.2) is 0 Å². The Bertz CT molecular complexity index is 375. The lowest BCUT2D eigenvalue weighted by Gasteiger charge is -2.44. The van der Waals surface area contributed by atoms with Crippen molar-refractivity contribution in [3.05, 3.63) is 11.8 Å². The number of aliphatic carboxylic acids is 1. The summed E-state index contributed by atoms with van der Waals surface area (Å²) in [6, 6.07) is 0. The number of hydrogen-bond acceptors (Lipinski definition) is 2. The molecule has 4 nitrogen and oxygen atoms in total. The number of hydrogen-bond donors (Lipinski definition) is 1. The number of carboxylic acid groups (broad SMARTS) is 1. The number of allylic oxidation sites excluding steroid dienone is 1. The summed E-state index contributed by atoms with van der Waals surface area (Å²) in [7, 11) is 0. The number of amides is 1. The van der Waals surface area contributed by atoms with Crippen LogP contribution >= 0.6 is 0 Å². The van der Waals surface area contributed by atoms with Gasteiger partial charge in [0, 0.05) is 18.7 Å². The molecule has 17 heavy (non-hydrogen) atoms. The molecule has 0 bridgehead atoms. The summed E-state index contributed by atoms with van der Waals surface area (Å²) in [5.41, 5.74) is -0.0317. The predicted octanol–water partition coefficient (Wildman–Crippen LogP) is 2.16. The van der Waals surface area contributed by atoms with Crippen molar-refractivity contribution in [2.24, 2.45) is 5.41 Å². The van der Waals surface area contributed by atoms with E-state index < -0.39 is 11.4 Å². The van der Waals surface area contributed by atoms with E-state index in [0.29, 0.717) is 25.8 Å². The Morgan fingerprint density at radius 3 is 2.94 bits per heavy atom. The molecular formula is C13H19NO3. The van der Waals surface area contributed by atoms with Crippen molar-refractivity contribution in [3.8, 4) is 0 Å². The average Bonchev–Trinajstić information content (AvgIpc) is 2.33. The Morgan fingerprint density at radius 1 is 1.53 bits per heavy atom. The van der Waals surface area contributed by atoms with Crippen LogP contribution in [-0.2, 0) is 9.59 Å². The van der Waals surface area contributed by atoms with Gasteiger partial charge in [-0.25, -0.2) is 0 Å². The third kappa shape index (κ3) is 1.85. The minimum atomic E-state index is -0.790. The molecule has 0 saturated carbocycles. The van der Waals surface area contributed by atoms with Crippen LogP contribution in [-0.4, -0.2) is 28.4 Å². The molecule has 0 aromatic heterocycles. The SMILES string of the molecule is CCCN1C(=O)CCC2(C(=O)O)CCCC=C12. The molecule has 1 heterocycles. The molecule has 4 heteroatoms. The highest BCUT2D eigenvalue weighted by molar-refractivity contribution is 5.87. The average molecular weight is 237 g/mol. The Labute approximate surface area is 101 Å². The summed E-state index contributed by atoms with van der Waals surface area (Å²) >= 11 is 0. The first-order valence-corrected chi connectivity index (χ1v) is 6.36. The fourth-order valence-electron chi connectivity index (χ4n) is 2.97. The first-order valence-electron chi connectivity index (χ1n) is 6.36. The van der Waals surface area contributed by atoms with Crippen molar-refractivity contribution in [1.29, 1.82) is 0 Å². The largest absolute Gasteiger partial charge is 0.481 e. The van der Waals surface area contributed by atoms with Crippen molar-refractivity contribution >= 4 is 11.9 Å². The number of carbonyl (C=O) groups is 2. The van der Waals surface area contributed by atoms with E-state index in [1.54, 1.807) is 4.90 Å². The van der Waals surface area contributed by atoms with Crippen molar-refractivity contribution in [2.45, 2.75) is 45.4 Å². The summed E-state index contributed by atoms with van der Waals surface area (Å²) in [6.07, 6.45) is 6.11. The van der Waals surface area contributed by atoms with Crippen LogP contribution in [0.2, 0.25) is 0 Å². The molecule has 1 amide bonds. The fourth-order valence-corrected chi connectivity index (χ4v) is 2.97. The molecule has 0 aromatic carbocycles. The maximum absolute atomic E-state index is 11.9. The van der Waals surface area contributed by atoms with Gasteiger partial charge in [0.1, 0.15) is 5.41 Å². The number of nitrogens with zero attached hydrogens (tertiary/aromatic N) is 1. The van der Waals surface area contributed by atoms with E-state index >= 15 is 0 Å². The van der Waals surface area contributed by atoms with Gasteiger partial charge in [-0.05, 0) is 32.1 Å². The standard InChI is InChI=1S/C13H19NO3/c1-2-9-14-10-5-3-4-7-13(10,12(16)17)8-6-11(14)15/h5H,2-4,6-9H2,1H3,(H,16,17). The van der Waals surface area contributed by atoms with Crippen LogP contribution < -0.4 is 0 Å². The molecule has 2 aliphatic rings. The molecule has 0 spiro atoms. The number of likely N-dealkylation sites (tertiary alicyclic amines) is 1. The summed E-state index contributed by atoms with van der Waals surface area (Å²) in [6.45, 7) is 2.65. The van der Waals surface area contributed by atoms with E-state index in [1.807, 2.05) is 13.0 Å². The van der Waals surface area contributed by atoms with Crippen LogP contribution in [0.3, 0.4) is 0 Å². The summed E-state index contributed by atoms with van der Waals surface area (Å²) in [5.74, 6) is -0.686. The van der Waals surface area contributed by atoms with Gasteiger partial charge in [0.25, 0.3) is 0 Å². The van der Waals surface area contributed by atoms with Crippen molar-refractivity contribution in [1.82, 2.24) is 4.90 Å². The number of rotatable bonds is 3. The topological polar surface area (TPSA) is 57.6 Å². The van der Waals surface area contributed by atoms with E-state index in [2.05, 4.69) is 0 Å². The second kappa shape index (κ2) is 4.51. The zero-order valence-corrected chi connectivity index (χ0v) is 10.2. The number of piperidine rings is 1. The molecule has 1 aliphatic heterocycles. The van der Waals surface area contributed by atoms with Crippen LogP contribution in [0, 0.1) is 5.41 Å². The Kier molecular flexibility index (Phi) is 3.22. The lowest BCUT2D eigenvalue weighted by molar-refractivity contribution is -0.153. The van der Waals surface area contributed by atoms with Crippen LogP contribution in [0.15, 0.2) is 11.8 Å². The molecule has 1 N–H and O–H groups in total. The molecule has 0 aromatic rings. The van der Waals surface area contributed by atoms with Gasteiger partial charge in [-0.1, -0.05) is 13.0 Å². The molecule has 2 rings (SSSR count). The summed E-state index contributed by atoms with van der Waals surface area (Å²) < 4.78 is 0. The molecule has 1 unspecified atom stereocenters. The van der Waals surface area contributed by atoms with Gasteiger partial charge < -0.3 is 10.0 Å². The summed E-state index contributed by atoms with van der Waals surface area (Å²) in [5, 5.41) is 9.52. The summed E-state index contributed by atoms with van der Waals surface area (Å²) in [4.78, 5) is 25.2. The highest BCUT2D eigenvalue weighted by atomic mass is 16.4. The van der Waals surface area contributed by atoms with E-state index in [9.17, 15) is 14.7 Å². The minimum Gasteiger partial charge on any atom is -0.481 e. The second-order valence-electron chi connectivity index (χ2n) is 4.91. The lowest BCUT2D eigenvalue weighted by Crippen LogP contribution is -2.49. The van der Waals surface area contributed by atoms with E-state index in [0.717, 1.165) is 25.0 Å². The molecule has 0 radical (unpaired) electrons. The first-order chi connectivity index (χ1) is 8.12. The smallest absolute Gasteiger partial charge is 0.315 e.